The molecule has 3 amide bonds. The number of piperidine rings is 1. The van der Waals surface area contributed by atoms with Gasteiger partial charge in [-0.1, -0.05) is 42.6 Å². The van der Waals surface area contributed by atoms with E-state index >= 15 is 0 Å². The minimum absolute atomic E-state index is 0.139. The van der Waals surface area contributed by atoms with Crippen molar-refractivity contribution in [2.75, 3.05) is 5.75 Å². The highest BCUT2D eigenvalue weighted by molar-refractivity contribution is 7.99. The zero-order chi connectivity index (χ0) is 25.7. The Morgan fingerprint density at radius 1 is 1.11 bits per heavy atom. The second-order valence-corrected chi connectivity index (χ2v) is 11.0. The third-order valence-electron chi connectivity index (χ3n) is 6.78. The van der Waals surface area contributed by atoms with E-state index in [0.29, 0.717) is 36.4 Å². The molecule has 36 heavy (non-hydrogen) atoms. The lowest BCUT2D eigenvalue weighted by Crippen LogP contribution is -2.52. The molecule has 2 aliphatic rings. The molecule has 0 aromatic heterocycles. The number of thioether (sulfide) groups is 1. The lowest BCUT2D eigenvalue weighted by atomic mass is 10.0. The molecule has 2 aliphatic heterocycles. The number of ketones is 1. The van der Waals surface area contributed by atoms with E-state index in [-0.39, 0.29) is 29.9 Å². The van der Waals surface area contributed by atoms with Gasteiger partial charge in [-0.15, -0.1) is 11.8 Å². The standard InChI is InChI=1S/C28H31ClN2O4S/c1-18-10-11-19(16-23(18)29)15-20(32)7-4-2-3-5-14-36-25-9-6-8-21-22(25)17-31(28(21)35)24-12-13-26(33)30-27(24)34/h6,8-11,16,24H,2-5,7,12-15,17H2,1H3,(H,30,33,34). The minimum Gasteiger partial charge on any atom is -0.322 e. The lowest BCUT2D eigenvalue weighted by Gasteiger charge is -2.29. The number of carbonyl (C=O) groups excluding carboxylic acids is 4. The molecule has 190 valence electrons. The first kappa shape index (κ1) is 26.4. The van der Waals surface area contributed by atoms with Crippen LogP contribution >= 0.6 is 23.4 Å². The molecule has 2 heterocycles. The van der Waals surface area contributed by atoms with Crippen LogP contribution in [0.2, 0.25) is 5.02 Å². The molecule has 0 spiro atoms. The zero-order valence-electron chi connectivity index (χ0n) is 20.5. The molecule has 0 radical (unpaired) electrons. The summed E-state index contributed by atoms with van der Waals surface area (Å²) in [5, 5.41) is 3.05. The van der Waals surface area contributed by atoms with Crippen LogP contribution in [0.4, 0.5) is 0 Å². The molecule has 1 unspecified atom stereocenters. The van der Waals surface area contributed by atoms with E-state index in [1.54, 1.807) is 16.7 Å². The van der Waals surface area contributed by atoms with Crippen LogP contribution < -0.4 is 5.32 Å². The van der Waals surface area contributed by atoms with Gasteiger partial charge in [-0.3, -0.25) is 24.5 Å². The summed E-state index contributed by atoms with van der Waals surface area (Å²) in [5.41, 5.74) is 3.61. The first-order chi connectivity index (χ1) is 17.3. The maximum absolute atomic E-state index is 12.9. The summed E-state index contributed by atoms with van der Waals surface area (Å²) >= 11 is 7.88. The molecule has 1 fully saturated rings. The van der Waals surface area contributed by atoms with Gasteiger partial charge in [0.15, 0.2) is 0 Å². The maximum Gasteiger partial charge on any atom is 0.255 e. The quantitative estimate of drug-likeness (QED) is 0.245. The Hall–Kier alpha value is -2.64. The zero-order valence-corrected chi connectivity index (χ0v) is 22.1. The van der Waals surface area contributed by atoms with Crippen molar-refractivity contribution in [3.63, 3.8) is 0 Å². The predicted molar refractivity (Wildman–Crippen MR) is 141 cm³/mol. The lowest BCUT2D eigenvalue weighted by molar-refractivity contribution is -0.137. The fourth-order valence-electron chi connectivity index (χ4n) is 4.71. The monoisotopic (exact) mass is 526 g/mol. The number of hydrogen-bond donors (Lipinski definition) is 1. The van der Waals surface area contributed by atoms with Gasteiger partial charge in [0.1, 0.15) is 11.8 Å². The SMILES string of the molecule is Cc1ccc(CC(=O)CCCCCCSc2cccc3c2CN(C2CCC(=O)NC2=O)C3=O)cc1Cl. The van der Waals surface area contributed by atoms with Gasteiger partial charge in [-0.05, 0) is 66.8 Å². The second-order valence-electron chi connectivity index (χ2n) is 9.49. The molecule has 1 N–H and O–H groups in total. The van der Waals surface area contributed by atoms with Crippen molar-refractivity contribution in [1.29, 1.82) is 0 Å². The highest BCUT2D eigenvalue weighted by atomic mass is 35.5. The van der Waals surface area contributed by atoms with Gasteiger partial charge in [0.05, 0.1) is 0 Å². The van der Waals surface area contributed by atoms with Gasteiger partial charge in [0.2, 0.25) is 11.8 Å². The molecule has 0 aliphatic carbocycles. The van der Waals surface area contributed by atoms with Crippen LogP contribution in [0.1, 0.15) is 72.0 Å². The van der Waals surface area contributed by atoms with Gasteiger partial charge in [-0.25, -0.2) is 0 Å². The normalized spacial score (nSPS) is 17.3. The molecule has 2 aromatic rings. The minimum atomic E-state index is -0.592. The Bertz CT molecular complexity index is 1180. The number of carbonyl (C=O) groups is 4. The summed E-state index contributed by atoms with van der Waals surface area (Å²) < 4.78 is 0. The van der Waals surface area contributed by atoms with Crippen molar-refractivity contribution in [2.24, 2.45) is 0 Å². The summed E-state index contributed by atoms with van der Waals surface area (Å²) in [6.45, 7) is 2.35. The van der Waals surface area contributed by atoms with Gasteiger partial charge in [0, 0.05) is 41.3 Å². The molecule has 2 aromatic carbocycles. The van der Waals surface area contributed by atoms with E-state index in [0.717, 1.165) is 53.0 Å². The number of unbranched alkanes of at least 4 members (excludes halogenated alkanes) is 3. The molecule has 6 nitrogen and oxygen atoms in total. The number of benzene rings is 2. The Kier molecular flexibility index (Phi) is 8.86. The number of aryl methyl sites for hydroxylation is 1. The Morgan fingerprint density at radius 2 is 1.92 bits per heavy atom. The number of amides is 3. The van der Waals surface area contributed by atoms with Crippen molar-refractivity contribution in [1.82, 2.24) is 10.2 Å². The van der Waals surface area contributed by atoms with Crippen molar-refractivity contribution in [3.05, 3.63) is 63.7 Å². The van der Waals surface area contributed by atoms with Crippen molar-refractivity contribution < 1.29 is 19.2 Å². The molecule has 8 heteroatoms. The van der Waals surface area contributed by atoms with Crippen LogP contribution in [0.3, 0.4) is 0 Å². The largest absolute Gasteiger partial charge is 0.322 e. The number of imide groups is 1. The average molecular weight is 527 g/mol. The van der Waals surface area contributed by atoms with E-state index in [9.17, 15) is 19.2 Å². The first-order valence-corrected chi connectivity index (χ1v) is 13.9. The molecule has 0 bridgehead atoms. The van der Waals surface area contributed by atoms with Crippen LogP contribution in [0.15, 0.2) is 41.3 Å². The molecular weight excluding hydrogens is 496 g/mol. The van der Waals surface area contributed by atoms with E-state index in [4.69, 9.17) is 11.6 Å². The van der Waals surface area contributed by atoms with Gasteiger partial charge < -0.3 is 4.90 Å². The Balaban J connectivity index is 1.18. The number of halogens is 1. The van der Waals surface area contributed by atoms with Gasteiger partial charge >= 0.3 is 0 Å². The first-order valence-electron chi connectivity index (χ1n) is 12.5. The molecule has 1 atom stereocenters. The molecule has 4 rings (SSSR count). The molecule has 0 saturated carbocycles. The summed E-state index contributed by atoms with van der Waals surface area (Å²) in [6.07, 6.45) is 5.62. The summed E-state index contributed by atoms with van der Waals surface area (Å²) in [7, 11) is 0. The van der Waals surface area contributed by atoms with Crippen LogP contribution in [-0.2, 0) is 27.3 Å². The smallest absolute Gasteiger partial charge is 0.255 e. The fourth-order valence-corrected chi connectivity index (χ4v) is 6.01. The summed E-state index contributed by atoms with van der Waals surface area (Å²) in [4.78, 5) is 51.6. The maximum atomic E-state index is 12.9. The van der Waals surface area contributed by atoms with Crippen molar-refractivity contribution in [2.45, 2.75) is 75.8 Å². The van der Waals surface area contributed by atoms with Gasteiger partial charge in [0.25, 0.3) is 5.91 Å². The van der Waals surface area contributed by atoms with Crippen LogP contribution in [0, 0.1) is 6.92 Å². The van der Waals surface area contributed by atoms with E-state index in [1.165, 1.54) is 0 Å². The number of Topliss-reactive ketones (excluding diaryl/α,β-unsaturated/α-hetero) is 1. The third-order valence-corrected chi connectivity index (χ3v) is 8.38. The van der Waals surface area contributed by atoms with E-state index in [1.807, 2.05) is 43.3 Å². The third kappa shape index (κ3) is 6.37. The van der Waals surface area contributed by atoms with E-state index < -0.39 is 6.04 Å². The number of nitrogens with zero attached hydrogens (tertiary/aromatic N) is 1. The number of nitrogens with one attached hydrogen (secondary N) is 1. The fraction of sp³-hybridized carbons (Fsp3) is 0.429. The number of hydrogen-bond acceptors (Lipinski definition) is 5. The Labute approximate surface area is 221 Å². The summed E-state index contributed by atoms with van der Waals surface area (Å²) in [6, 6.07) is 10.9. The number of fused-ring (bicyclic) bond motifs is 1. The van der Waals surface area contributed by atoms with Crippen LogP contribution in [-0.4, -0.2) is 40.2 Å². The highest BCUT2D eigenvalue weighted by Gasteiger charge is 2.39. The highest BCUT2D eigenvalue weighted by Crippen LogP contribution is 2.34. The van der Waals surface area contributed by atoms with E-state index in [2.05, 4.69) is 5.32 Å². The second kappa shape index (κ2) is 12.1. The van der Waals surface area contributed by atoms with Crippen molar-refractivity contribution in [3.8, 4) is 0 Å². The molecule has 1 saturated heterocycles. The van der Waals surface area contributed by atoms with Crippen LogP contribution in [0.25, 0.3) is 0 Å². The number of rotatable bonds is 11. The van der Waals surface area contributed by atoms with Crippen LogP contribution in [0.5, 0.6) is 0 Å². The predicted octanol–water partition coefficient (Wildman–Crippen LogP) is 5.26. The Morgan fingerprint density at radius 3 is 2.69 bits per heavy atom. The molecular formula is C28H31ClN2O4S. The van der Waals surface area contributed by atoms with Gasteiger partial charge in [-0.2, -0.15) is 0 Å². The van der Waals surface area contributed by atoms with Crippen molar-refractivity contribution >= 4 is 46.9 Å². The average Bonchev–Trinajstić information content (AvgIpc) is 3.18. The topological polar surface area (TPSA) is 83.6 Å². The summed E-state index contributed by atoms with van der Waals surface area (Å²) in [5.74, 6) is 0.368.